The highest BCUT2D eigenvalue weighted by molar-refractivity contribution is 5.77. The van der Waals surface area contributed by atoms with Crippen LogP contribution in [-0.2, 0) is 10.2 Å². The minimum absolute atomic E-state index is 0.159. The van der Waals surface area contributed by atoms with Gasteiger partial charge in [-0.15, -0.1) is 0 Å². The van der Waals surface area contributed by atoms with Crippen LogP contribution in [0.4, 0.5) is 10.7 Å². The summed E-state index contributed by atoms with van der Waals surface area (Å²) in [7, 11) is 1.33. The van der Waals surface area contributed by atoms with Crippen molar-refractivity contribution >= 4 is 12.0 Å². The van der Waals surface area contributed by atoms with Crippen molar-refractivity contribution < 1.29 is 9.53 Å². The van der Waals surface area contributed by atoms with E-state index in [-0.39, 0.29) is 5.41 Å². The summed E-state index contributed by atoms with van der Waals surface area (Å²) in [4.78, 5) is 32.9. The molecule has 3 N–H and O–H groups in total. The van der Waals surface area contributed by atoms with Gasteiger partial charge in [0.2, 0.25) is 5.95 Å². The van der Waals surface area contributed by atoms with E-state index in [2.05, 4.69) is 62.1 Å². The topological polar surface area (TPSA) is 118 Å². The number of aryl methyl sites for hydroxylation is 2. The van der Waals surface area contributed by atoms with Crippen molar-refractivity contribution in [3.05, 3.63) is 41.6 Å². The summed E-state index contributed by atoms with van der Waals surface area (Å²) in [5.41, 5.74) is 5.20. The molecule has 164 valence electrons. The number of aromatic nitrogens is 5. The molecule has 1 amide bonds. The second kappa shape index (κ2) is 9.11. The number of pyridine rings is 1. The predicted molar refractivity (Wildman–Crippen MR) is 120 cm³/mol. The Morgan fingerprint density at radius 2 is 1.94 bits per heavy atom. The lowest BCUT2D eigenvalue weighted by Gasteiger charge is -2.14. The van der Waals surface area contributed by atoms with Crippen LogP contribution in [0, 0.1) is 13.8 Å². The number of ether oxygens (including phenoxy) is 1. The fourth-order valence-corrected chi connectivity index (χ4v) is 2.89. The number of H-pyrrole nitrogens is 1. The zero-order valence-corrected chi connectivity index (χ0v) is 18.8. The van der Waals surface area contributed by atoms with Crippen LogP contribution >= 0.6 is 0 Å². The first kappa shape index (κ1) is 22.2. The average molecular weight is 424 g/mol. The molecule has 0 saturated heterocycles. The van der Waals surface area contributed by atoms with E-state index < -0.39 is 6.09 Å². The highest BCUT2D eigenvalue weighted by Crippen LogP contribution is 2.33. The predicted octanol–water partition coefficient (Wildman–Crippen LogP) is 3.61. The summed E-state index contributed by atoms with van der Waals surface area (Å²) in [6, 6.07) is 3.93. The molecule has 0 spiro atoms. The van der Waals surface area contributed by atoms with Crippen molar-refractivity contribution in [1.82, 2.24) is 30.2 Å². The molecule has 0 aliphatic rings. The Bertz CT molecular complexity index is 1070. The smallest absolute Gasteiger partial charge is 0.406 e. The lowest BCUT2D eigenvalue weighted by molar-refractivity contribution is 0.171. The molecule has 3 heterocycles. The van der Waals surface area contributed by atoms with Crippen LogP contribution in [0.5, 0.6) is 0 Å². The number of anilines is 1. The van der Waals surface area contributed by atoms with Gasteiger partial charge in [0.15, 0.2) is 0 Å². The normalized spacial score (nSPS) is 11.3. The van der Waals surface area contributed by atoms with Crippen molar-refractivity contribution in [2.24, 2.45) is 0 Å². The molecule has 0 aliphatic carbocycles. The van der Waals surface area contributed by atoms with Crippen LogP contribution in [-0.4, -0.2) is 51.2 Å². The second-order valence-corrected chi connectivity index (χ2v) is 8.30. The molecule has 3 aromatic rings. The minimum atomic E-state index is -0.477. The number of methoxy groups -OCH3 is 1. The minimum Gasteiger partial charge on any atom is -0.453 e. The third-order valence-electron chi connectivity index (χ3n) is 4.80. The van der Waals surface area contributed by atoms with Crippen LogP contribution in [0.25, 0.3) is 22.6 Å². The average Bonchev–Trinajstić information content (AvgIpc) is 3.19. The Morgan fingerprint density at radius 3 is 2.61 bits per heavy atom. The first-order chi connectivity index (χ1) is 14.7. The van der Waals surface area contributed by atoms with Gasteiger partial charge in [-0.2, -0.15) is 0 Å². The maximum atomic E-state index is 11.2. The molecular formula is C22H29N7O2. The number of alkyl carbamates (subject to hydrolysis) is 1. The number of amides is 1. The van der Waals surface area contributed by atoms with E-state index in [9.17, 15) is 4.79 Å². The second-order valence-electron chi connectivity index (χ2n) is 8.30. The third-order valence-corrected chi connectivity index (χ3v) is 4.80. The highest BCUT2D eigenvalue weighted by Gasteiger charge is 2.23. The number of hydrogen-bond donors (Lipinski definition) is 3. The zero-order valence-electron chi connectivity index (χ0n) is 18.8. The molecule has 3 aromatic heterocycles. The van der Waals surface area contributed by atoms with Crippen molar-refractivity contribution in [3.63, 3.8) is 0 Å². The Balaban J connectivity index is 1.93. The summed E-state index contributed by atoms with van der Waals surface area (Å²) in [5, 5.41) is 5.71. The van der Waals surface area contributed by atoms with Crippen LogP contribution in [0.2, 0.25) is 0 Å². The van der Waals surface area contributed by atoms with Gasteiger partial charge in [-0.3, -0.25) is 4.98 Å². The number of carbonyl (C=O) groups is 1. The largest absolute Gasteiger partial charge is 0.453 e. The molecule has 31 heavy (non-hydrogen) atoms. The number of nitrogens with zero attached hydrogens (tertiary/aromatic N) is 4. The van der Waals surface area contributed by atoms with E-state index in [1.165, 1.54) is 7.11 Å². The van der Waals surface area contributed by atoms with E-state index >= 15 is 0 Å². The van der Waals surface area contributed by atoms with Gasteiger partial charge in [0.05, 0.1) is 24.2 Å². The van der Waals surface area contributed by atoms with Crippen LogP contribution in [0.1, 0.15) is 37.9 Å². The fraction of sp³-hybridized carbons (Fsp3) is 0.409. The SMILES string of the molecule is COC(=O)NCCNc1nccc(-c2[nH]c(C(C)(C)C)nc2-c2cnc(C)c(C)c2)n1. The molecule has 3 rings (SSSR count). The van der Waals surface area contributed by atoms with Crippen LogP contribution in [0.3, 0.4) is 0 Å². The molecule has 0 saturated carbocycles. The van der Waals surface area contributed by atoms with E-state index in [1.807, 2.05) is 26.1 Å². The molecule has 9 nitrogen and oxygen atoms in total. The molecule has 0 fully saturated rings. The first-order valence-corrected chi connectivity index (χ1v) is 10.1. The standard InChI is InChI=1S/C22H29N7O2/c1-13-11-15(12-26-14(13)2)17-18(29-19(28-17)22(3,4)5)16-7-8-23-20(27-16)24-9-10-25-21(30)31-6/h7-8,11-12H,9-10H2,1-6H3,(H,25,30)(H,28,29)(H,23,24,27). The molecule has 0 atom stereocenters. The third kappa shape index (κ3) is 5.36. The number of hydrogen-bond acceptors (Lipinski definition) is 7. The van der Waals surface area contributed by atoms with Gasteiger partial charge in [0, 0.05) is 42.2 Å². The van der Waals surface area contributed by atoms with Crippen molar-refractivity contribution in [1.29, 1.82) is 0 Å². The van der Waals surface area contributed by atoms with Crippen molar-refractivity contribution in [2.45, 2.75) is 40.0 Å². The Labute approximate surface area is 182 Å². The molecule has 0 bridgehead atoms. The van der Waals surface area contributed by atoms with Gasteiger partial charge >= 0.3 is 6.09 Å². The van der Waals surface area contributed by atoms with Crippen molar-refractivity contribution in [3.8, 4) is 22.6 Å². The summed E-state index contributed by atoms with van der Waals surface area (Å²) in [6.45, 7) is 11.2. The molecule has 0 unspecified atom stereocenters. The van der Waals surface area contributed by atoms with Crippen LogP contribution < -0.4 is 10.6 Å². The van der Waals surface area contributed by atoms with Gasteiger partial charge in [0.1, 0.15) is 5.82 Å². The zero-order chi connectivity index (χ0) is 22.6. The number of rotatable bonds is 6. The lowest BCUT2D eigenvalue weighted by Crippen LogP contribution is -2.28. The summed E-state index contributed by atoms with van der Waals surface area (Å²) in [5.74, 6) is 1.33. The van der Waals surface area contributed by atoms with Crippen LogP contribution in [0.15, 0.2) is 24.5 Å². The summed E-state index contributed by atoms with van der Waals surface area (Å²) >= 11 is 0. The van der Waals surface area contributed by atoms with Gasteiger partial charge in [-0.25, -0.2) is 19.7 Å². The Hall–Kier alpha value is -3.49. The first-order valence-electron chi connectivity index (χ1n) is 10.1. The fourth-order valence-electron chi connectivity index (χ4n) is 2.89. The quantitative estimate of drug-likeness (QED) is 0.518. The molecule has 9 heteroatoms. The maximum absolute atomic E-state index is 11.2. The monoisotopic (exact) mass is 423 g/mol. The number of imidazole rings is 1. The van der Waals surface area contributed by atoms with E-state index in [1.54, 1.807) is 6.20 Å². The number of aromatic amines is 1. The number of nitrogens with one attached hydrogen (secondary N) is 3. The molecule has 0 aromatic carbocycles. The Kier molecular flexibility index (Phi) is 6.53. The summed E-state index contributed by atoms with van der Waals surface area (Å²) in [6.07, 6.45) is 3.06. The molecule has 0 radical (unpaired) electrons. The molecular weight excluding hydrogens is 394 g/mol. The van der Waals surface area contributed by atoms with E-state index in [0.29, 0.717) is 19.0 Å². The maximum Gasteiger partial charge on any atom is 0.406 e. The van der Waals surface area contributed by atoms with E-state index in [4.69, 9.17) is 4.98 Å². The lowest BCUT2D eigenvalue weighted by atomic mass is 9.96. The van der Waals surface area contributed by atoms with Crippen molar-refractivity contribution in [2.75, 3.05) is 25.5 Å². The Morgan fingerprint density at radius 1 is 1.16 bits per heavy atom. The van der Waals surface area contributed by atoms with E-state index in [0.717, 1.165) is 39.7 Å². The van der Waals surface area contributed by atoms with Gasteiger partial charge in [0.25, 0.3) is 0 Å². The van der Waals surface area contributed by atoms with Gasteiger partial charge in [-0.1, -0.05) is 20.8 Å². The number of carbonyl (C=O) groups excluding carboxylic acids is 1. The van der Waals surface area contributed by atoms with Gasteiger partial charge < -0.3 is 20.4 Å². The summed E-state index contributed by atoms with van der Waals surface area (Å²) < 4.78 is 4.55. The molecule has 0 aliphatic heterocycles. The van der Waals surface area contributed by atoms with Gasteiger partial charge in [-0.05, 0) is 31.5 Å². The highest BCUT2D eigenvalue weighted by atomic mass is 16.5.